The van der Waals surface area contributed by atoms with Crippen molar-refractivity contribution < 1.29 is 19.0 Å². The fraction of sp³-hybridized carbons (Fsp3) is 0.182. The molecule has 0 atom stereocenters. The Labute approximate surface area is 188 Å². The first-order chi connectivity index (χ1) is 15.7. The van der Waals surface area contributed by atoms with E-state index in [1.807, 2.05) is 24.3 Å². The maximum absolute atomic E-state index is 12.0. The lowest BCUT2D eigenvalue weighted by Crippen LogP contribution is -2.32. The molecule has 0 spiro atoms. The molecule has 2 heterocycles. The highest BCUT2D eigenvalue weighted by atomic mass is 35.5. The summed E-state index contributed by atoms with van der Waals surface area (Å²) in [5.41, 5.74) is 1.28. The van der Waals surface area contributed by atoms with Crippen molar-refractivity contribution in [1.29, 1.82) is 0 Å². The average Bonchev–Trinajstić information content (AvgIpc) is 3.24. The molecule has 1 N–H and O–H groups in total. The summed E-state index contributed by atoms with van der Waals surface area (Å²) in [5, 5.41) is 16.0. The fourth-order valence-corrected chi connectivity index (χ4v) is 3.16. The Bertz CT molecular complexity index is 1230. The van der Waals surface area contributed by atoms with Gasteiger partial charge >= 0.3 is 0 Å². The molecule has 2 aromatic heterocycles. The van der Waals surface area contributed by atoms with Crippen molar-refractivity contribution in [2.24, 2.45) is 0 Å². The molecule has 0 aliphatic heterocycles. The lowest BCUT2D eigenvalue weighted by Gasteiger charge is -2.11. The predicted octanol–water partition coefficient (Wildman–Crippen LogP) is 3.03. The van der Waals surface area contributed by atoms with Crippen LogP contribution in [0.2, 0.25) is 5.02 Å². The van der Waals surface area contributed by atoms with Gasteiger partial charge in [0.15, 0.2) is 29.6 Å². The molecule has 0 aliphatic carbocycles. The van der Waals surface area contributed by atoms with Crippen LogP contribution in [-0.4, -0.2) is 52.6 Å². The molecular weight excluding hydrogens is 434 g/mol. The first kappa shape index (κ1) is 21.4. The number of benzene rings is 2. The first-order valence-corrected chi connectivity index (χ1v) is 10.2. The van der Waals surface area contributed by atoms with E-state index < -0.39 is 0 Å². The number of methoxy groups -OCH3 is 1. The molecule has 4 rings (SSSR count). The van der Waals surface area contributed by atoms with Crippen LogP contribution in [0.1, 0.15) is 0 Å². The predicted molar refractivity (Wildman–Crippen MR) is 118 cm³/mol. The number of para-hydroxylation sites is 2. The van der Waals surface area contributed by atoms with E-state index in [1.54, 1.807) is 48.0 Å². The van der Waals surface area contributed by atoms with Crippen LogP contribution in [0.3, 0.4) is 0 Å². The maximum Gasteiger partial charge on any atom is 0.258 e. The Morgan fingerprint density at radius 2 is 1.78 bits per heavy atom. The highest BCUT2D eigenvalue weighted by Gasteiger charge is 2.13. The van der Waals surface area contributed by atoms with Gasteiger partial charge in [-0.1, -0.05) is 35.9 Å². The van der Waals surface area contributed by atoms with E-state index in [0.717, 1.165) is 0 Å². The largest absolute Gasteiger partial charge is 0.493 e. The molecule has 0 aliphatic rings. The van der Waals surface area contributed by atoms with Gasteiger partial charge in [0.2, 0.25) is 5.88 Å². The summed E-state index contributed by atoms with van der Waals surface area (Å²) < 4.78 is 17.9. The number of nitrogens with one attached hydrogen (secondary N) is 1. The summed E-state index contributed by atoms with van der Waals surface area (Å²) in [5.74, 6) is 1.67. The third kappa shape index (κ3) is 4.89. The van der Waals surface area contributed by atoms with Gasteiger partial charge in [0.1, 0.15) is 6.61 Å². The molecule has 164 valence electrons. The zero-order valence-electron chi connectivity index (χ0n) is 17.2. The van der Waals surface area contributed by atoms with Crippen LogP contribution < -0.4 is 19.5 Å². The van der Waals surface area contributed by atoms with Crippen LogP contribution in [-0.2, 0) is 4.79 Å². The molecule has 0 saturated carbocycles. The monoisotopic (exact) mass is 453 g/mol. The second-order valence-corrected chi connectivity index (χ2v) is 6.99. The van der Waals surface area contributed by atoms with Crippen molar-refractivity contribution >= 4 is 23.2 Å². The van der Waals surface area contributed by atoms with E-state index in [2.05, 4.69) is 20.6 Å². The zero-order valence-corrected chi connectivity index (χ0v) is 18.0. The van der Waals surface area contributed by atoms with Crippen molar-refractivity contribution in [3.05, 3.63) is 65.7 Å². The van der Waals surface area contributed by atoms with Gasteiger partial charge in [-0.3, -0.25) is 4.79 Å². The van der Waals surface area contributed by atoms with E-state index in [-0.39, 0.29) is 25.7 Å². The van der Waals surface area contributed by atoms with Gasteiger partial charge < -0.3 is 19.5 Å². The maximum atomic E-state index is 12.0. The SMILES string of the molecule is COc1ccccc1OCC(=O)NCCOc1ccc2nnc(-c3ccccc3Cl)n2n1. The number of nitrogens with zero attached hydrogens (tertiary/aromatic N) is 4. The quantitative estimate of drug-likeness (QED) is 0.389. The minimum atomic E-state index is -0.275. The normalized spacial score (nSPS) is 10.7. The van der Waals surface area contributed by atoms with Crippen LogP contribution >= 0.6 is 11.6 Å². The van der Waals surface area contributed by atoms with Crippen LogP contribution in [0, 0.1) is 0 Å². The summed E-state index contributed by atoms with van der Waals surface area (Å²) in [6.07, 6.45) is 0. The summed E-state index contributed by atoms with van der Waals surface area (Å²) in [4.78, 5) is 12.0. The number of ether oxygens (including phenoxy) is 3. The van der Waals surface area contributed by atoms with Crippen molar-refractivity contribution in [3.8, 4) is 28.8 Å². The lowest BCUT2D eigenvalue weighted by atomic mass is 10.2. The first-order valence-electron chi connectivity index (χ1n) is 9.78. The topological polar surface area (TPSA) is 99.9 Å². The standard InChI is InChI=1S/C22H20ClN5O4/c1-30-17-8-4-5-9-18(17)32-14-20(29)24-12-13-31-21-11-10-19-25-26-22(28(19)27-21)15-6-2-3-7-16(15)23/h2-11H,12-14H2,1H3,(H,24,29). The molecule has 0 radical (unpaired) electrons. The Morgan fingerprint density at radius 3 is 2.59 bits per heavy atom. The van der Waals surface area contributed by atoms with Crippen molar-refractivity contribution in [2.45, 2.75) is 0 Å². The van der Waals surface area contributed by atoms with Crippen molar-refractivity contribution in [1.82, 2.24) is 25.1 Å². The van der Waals surface area contributed by atoms with E-state index in [9.17, 15) is 4.79 Å². The molecule has 1 amide bonds. The van der Waals surface area contributed by atoms with Gasteiger partial charge in [-0.2, -0.15) is 4.52 Å². The number of aromatic nitrogens is 4. The van der Waals surface area contributed by atoms with Crippen LogP contribution in [0.25, 0.3) is 17.0 Å². The van der Waals surface area contributed by atoms with Gasteiger partial charge in [-0.05, 0) is 30.3 Å². The third-order valence-electron chi connectivity index (χ3n) is 4.46. The average molecular weight is 454 g/mol. The number of carbonyl (C=O) groups is 1. The molecule has 9 nitrogen and oxygen atoms in total. The molecular formula is C22H20ClN5O4. The van der Waals surface area contributed by atoms with Crippen molar-refractivity contribution in [3.63, 3.8) is 0 Å². The smallest absolute Gasteiger partial charge is 0.258 e. The molecule has 32 heavy (non-hydrogen) atoms. The molecule has 0 unspecified atom stereocenters. The minimum Gasteiger partial charge on any atom is -0.493 e. The minimum absolute atomic E-state index is 0.132. The summed E-state index contributed by atoms with van der Waals surface area (Å²) in [6, 6.07) is 17.9. The fourth-order valence-electron chi connectivity index (χ4n) is 2.94. The van der Waals surface area contributed by atoms with Crippen LogP contribution in [0.15, 0.2) is 60.7 Å². The lowest BCUT2D eigenvalue weighted by molar-refractivity contribution is -0.123. The number of rotatable bonds is 9. The highest BCUT2D eigenvalue weighted by molar-refractivity contribution is 6.33. The summed E-state index contributed by atoms with van der Waals surface area (Å²) in [6.45, 7) is 0.377. The van der Waals surface area contributed by atoms with E-state index in [1.165, 1.54) is 0 Å². The summed E-state index contributed by atoms with van der Waals surface area (Å²) >= 11 is 6.27. The van der Waals surface area contributed by atoms with Gasteiger partial charge in [-0.25, -0.2) is 0 Å². The van der Waals surface area contributed by atoms with E-state index in [0.29, 0.717) is 39.4 Å². The number of fused-ring (bicyclic) bond motifs is 1. The molecule has 0 bridgehead atoms. The van der Waals surface area contributed by atoms with Gasteiger partial charge in [0.05, 0.1) is 18.7 Å². The van der Waals surface area contributed by atoms with Gasteiger partial charge in [0, 0.05) is 11.6 Å². The van der Waals surface area contributed by atoms with Gasteiger partial charge in [0.25, 0.3) is 5.91 Å². The molecule has 2 aromatic carbocycles. The highest BCUT2D eigenvalue weighted by Crippen LogP contribution is 2.27. The summed E-state index contributed by atoms with van der Waals surface area (Å²) in [7, 11) is 1.54. The van der Waals surface area contributed by atoms with E-state index in [4.69, 9.17) is 25.8 Å². The second kappa shape index (κ2) is 9.97. The number of hydrogen-bond donors (Lipinski definition) is 1. The Kier molecular flexibility index (Phi) is 6.66. The number of amides is 1. The molecule has 4 aromatic rings. The molecule has 0 saturated heterocycles. The Hall–Kier alpha value is -3.85. The molecule has 0 fully saturated rings. The van der Waals surface area contributed by atoms with Crippen molar-refractivity contribution in [2.75, 3.05) is 26.9 Å². The third-order valence-corrected chi connectivity index (χ3v) is 4.78. The zero-order chi connectivity index (χ0) is 22.3. The van der Waals surface area contributed by atoms with Crippen LogP contribution in [0.4, 0.5) is 0 Å². The number of halogens is 1. The second-order valence-electron chi connectivity index (χ2n) is 6.58. The Morgan fingerprint density at radius 1 is 1.00 bits per heavy atom. The molecule has 10 heteroatoms. The van der Waals surface area contributed by atoms with E-state index >= 15 is 0 Å². The van der Waals surface area contributed by atoms with Gasteiger partial charge in [-0.15, -0.1) is 15.3 Å². The number of carbonyl (C=O) groups excluding carboxylic acids is 1. The Balaban J connectivity index is 1.30. The number of hydrogen-bond acceptors (Lipinski definition) is 7. The van der Waals surface area contributed by atoms with Crippen LogP contribution in [0.5, 0.6) is 17.4 Å².